The second-order valence-electron chi connectivity index (χ2n) is 28.6. The van der Waals surface area contributed by atoms with Crippen molar-refractivity contribution in [1.29, 1.82) is 0 Å². The van der Waals surface area contributed by atoms with Crippen molar-refractivity contribution in [3.8, 4) is 0 Å². The van der Waals surface area contributed by atoms with Crippen LogP contribution in [0.5, 0.6) is 0 Å². The van der Waals surface area contributed by atoms with Gasteiger partial charge in [0.2, 0.25) is 6.29 Å². The fraction of sp³-hybridized carbons (Fsp3) is 0.932. The first-order valence-corrected chi connectivity index (χ1v) is 30.6. The predicted molar refractivity (Wildman–Crippen MR) is 290 cm³/mol. The highest BCUT2D eigenvalue weighted by molar-refractivity contribution is 5.80. The van der Waals surface area contributed by atoms with Gasteiger partial charge in [-0.1, -0.05) is 53.2 Å². The number of aliphatic hydroxyl groups is 15. The van der Waals surface area contributed by atoms with E-state index in [2.05, 4.69) is 40.7 Å². The highest BCUT2D eigenvalue weighted by atomic mass is 16.8. The van der Waals surface area contributed by atoms with Gasteiger partial charge in [0.1, 0.15) is 84.3 Å². The molecule has 9 fully saturated rings. The summed E-state index contributed by atoms with van der Waals surface area (Å²) in [6.07, 6.45) is -31.6. The van der Waals surface area contributed by atoms with Gasteiger partial charge in [-0.15, -0.1) is 0 Å². The summed E-state index contributed by atoms with van der Waals surface area (Å²) >= 11 is 0. The number of ether oxygens (including phenoxy) is 11. The first-order valence-electron chi connectivity index (χ1n) is 30.6. The summed E-state index contributed by atoms with van der Waals surface area (Å²) in [6.45, 7) is 11.3. The van der Waals surface area contributed by atoms with Gasteiger partial charge in [-0.2, -0.15) is 0 Å². The molecule has 5 heterocycles. The summed E-state index contributed by atoms with van der Waals surface area (Å²) in [4.78, 5) is 28.3. The molecule has 0 spiro atoms. The SMILES string of the molecule is CC(=O)O[C@H]1[C@H](O[C@H]2[C@H](OC(=O)[C@]34CCC(C)(C)C[C@H]3C3=CC[C@@H]5[C@@]6(C)C[C@H](O)[C@H](O[C@@H]7O[C@H](CO)[C@@H](O)[C@H](O)[C@H]7O)[C@@](C)(CO)[C@@H]6CC[C@@]5(C)[C@]3(C)C[C@H]4O)OC[C@H](O)[C@@H]2O)O[C@@H](C)[C@H](O[C@@H]2OC[C@@H](O)[C@H](O[C@@H]3OC[C@](O)(CO)[C@H]3O)[C@H]2O)[C@H]1O. The van der Waals surface area contributed by atoms with E-state index in [1.54, 1.807) is 0 Å². The Morgan fingerprint density at radius 3 is 1.93 bits per heavy atom. The highest BCUT2D eigenvalue weighted by Crippen LogP contribution is 2.76. The molecule has 0 aromatic heterocycles. The van der Waals surface area contributed by atoms with Crippen LogP contribution in [0.15, 0.2) is 11.6 Å². The van der Waals surface area contributed by atoms with Crippen LogP contribution in [0.1, 0.15) is 107 Å². The molecule has 28 heteroatoms. The van der Waals surface area contributed by atoms with E-state index in [0.717, 1.165) is 12.5 Å². The maximum atomic E-state index is 15.6. The summed E-state index contributed by atoms with van der Waals surface area (Å²) in [5.74, 6) is -2.84. The van der Waals surface area contributed by atoms with Gasteiger partial charge in [0.25, 0.3) is 0 Å². The smallest absolute Gasteiger partial charge is 0.317 e. The average molecular weight is 1250 g/mol. The lowest BCUT2D eigenvalue weighted by molar-refractivity contribution is -0.372. The van der Waals surface area contributed by atoms with Crippen molar-refractivity contribution in [2.24, 2.45) is 50.2 Å². The van der Waals surface area contributed by atoms with Gasteiger partial charge in [0.05, 0.1) is 64.1 Å². The molecule has 15 N–H and O–H groups in total. The number of fused-ring (bicyclic) bond motifs is 7. The highest BCUT2D eigenvalue weighted by Gasteiger charge is 2.73. The summed E-state index contributed by atoms with van der Waals surface area (Å²) in [5, 5.41) is 166. The molecular formula is C59H94O28. The molecule has 0 bridgehead atoms. The maximum absolute atomic E-state index is 15.6. The fourth-order valence-corrected chi connectivity index (χ4v) is 17.7. The first kappa shape index (κ1) is 67.6. The number of allylic oxidation sites excluding steroid dienone is 2. The second kappa shape index (κ2) is 24.6. The van der Waals surface area contributed by atoms with Gasteiger partial charge >= 0.3 is 11.9 Å². The molecule has 498 valence electrons. The number of aliphatic hydroxyl groups excluding tert-OH is 14. The van der Waals surface area contributed by atoms with E-state index in [1.165, 1.54) is 6.92 Å². The number of hydrogen-bond donors (Lipinski definition) is 15. The number of carbonyl (C=O) groups is 2. The molecule has 87 heavy (non-hydrogen) atoms. The van der Waals surface area contributed by atoms with Crippen molar-refractivity contribution in [2.45, 2.75) is 254 Å². The zero-order valence-corrected chi connectivity index (χ0v) is 50.5. The Bertz CT molecular complexity index is 2490. The molecule has 32 atom stereocenters. The number of esters is 2. The van der Waals surface area contributed by atoms with Crippen molar-refractivity contribution < 1.29 is 138 Å². The van der Waals surface area contributed by atoms with Gasteiger partial charge in [0, 0.05) is 12.3 Å². The van der Waals surface area contributed by atoms with E-state index in [0.29, 0.717) is 32.1 Å². The molecule has 5 aliphatic carbocycles. The van der Waals surface area contributed by atoms with Crippen LogP contribution < -0.4 is 0 Å². The van der Waals surface area contributed by atoms with Gasteiger partial charge in [-0.05, 0) is 97.7 Å². The summed E-state index contributed by atoms with van der Waals surface area (Å²) < 4.78 is 64.9. The lowest BCUT2D eigenvalue weighted by Gasteiger charge is -2.72. The largest absolute Gasteiger partial charge is 0.454 e. The molecule has 0 radical (unpaired) electrons. The van der Waals surface area contributed by atoms with Crippen LogP contribution in [0.3, 0.4) is 0 Å². The Balaban J connectivity index is 0.880. The Morgan fingerprint density at radius 2 is 1.28 bits per heavy atom. The Morgan fingerprint density at radius 1 is 0.609 bits per heavy atom. The minimum atomic E-state index is -2.09. The van der Waals surface area contributed by atoms with Crippen molar-refractivity contribution in [1.82, 2.24) is 0 Å². The molecule has 10 rings (SSSR count). The van der Waals surface area contributed by atoms with Crippen LogP contribution in [0.2, 0.25) is 0 Å². The van der Waals surface area contributed by atoms with E-state index < -0.39 is 231 Å². The van der Waals surface area contributed by atoms with Gasteiger partial charge in [-0.25, -0.2) is 0 Å². The minimum absolute atomic E-state index is 0.108. The van der Waals surface area contributed by atoms with E-state index in [4.69, 9.17) is 52.1 Å². The lowest BCUT2D eigenvalue weighted by atomic mass is 9.33. The van der Waals surface area contributed by atoms with Crippen LogP contribution >= 0.6 is 0 Å². The summed E-state index contributed by atoms with van der Waals surface area (Å²) in [6, 6.07) is 0. The van der Waals surface area contributed by atoms with E-state index >= 15 is 4.79 Å². The van der Waals surface area contributed by atoms with Crippen molar-refractivity contribution in [3.05, 3.63) is 11.6 Å². The van der Waals surface area contributed by atoms with Crippen LogP contribution in [-0.2, 0) is 61.7 Å². The number of rotatable bonds is 14. The molecule has 4 saturated carbocycles. The Kier molecular flexibility index (Phi) is 19.1. The molecule has 0 aromatic carbocycles. The van der Waals surface area contributed by atoms with Crippen LogP contribution in [-0.4, -0.2) is 275 Å². The van der Waals surface area contributed by atoms with E-state index in [9.17, 15) is 81.4 Å². The van der Waals surface area contributed by atoms with Crippen LogP contribution in [0.4, 0.5) is 0 Å². The van der Waals surface area contributed by atoms with Crippen LogP contribution in [0, 0.1) is 50.2 Å². The summed E-state index contributed by atoms with van der Waals surface area (Å²) in [5.41, 5.74) is -6.18. The molecule has 0 amide bonds. The third-order valence-corrected chi connectivity index (χ3v) is 22.8. The first-order chi connectivity index (χ1) is 40.7. The second-order valence-corrected chi connectivity index (χ2v) is 28.6. The fourth-order valence-electron chi connectivity index (χ4n) is 17.7. The molecule has 10 aliphatic rings. The number of hydrogen-bond acceptors (Lipinski definition) is 28. The third-order valence-electron chi connectivity index (χ3n) is 22.8. The summed E-state index contributed by atoms with van der Waals surface area (Å²) in [7, 11) is 0. The quantitative estimate of drug-likeness (QED) is 0.0451. The molecule has 28 nitrogen and oxygen atoms in total. The van der Waals surface area contributed by atoms with Crippen molar-refractivity contribution >= 4 is 11.9 Å². The van der Waals surface area contributed by atoms with Crippen molar-refractivity contribution in [3.63, 3.8) is 0 Å². The molecule has 5 saturated heterocycles. The van der Waals surface area contributed by atoms with Gasteiger partial charge in [-0.3, -0.25) is 9.59 Å². The zero-order valence-electron chi connectivity index (χ0n) is 50.5. The minimum Gasteiger partial charge on any atom is -0.454 e. The molecule has 5 aliphatic heterocycles. The predicted octanol–water partition coefficient (Wildman–Crippen LogP) is -3.78. The lowest BCUT2D eigenvalue weighted by Crippen LogP contribution is -2.70. The Labute approximate surface area is 504 Å². The van der Waals surface area contributed by atoms with E-state index in [1.807, 2.05) is 6.92 Å². The normalized spacial score (nSPS) is 54.0. The number of carbonyl (C=O) groups excluding carboxylic acids is 2. The molecule has 0 unspecified atom stereocenters. The average Bonchev–Trinajstić information content (AvgIpc) is 0.950. The van der Waals surface area contributed by atoms with Crippen LogP contribution in [0.25, 0.3) is 0 Å². The van der Waals surface area contributed by atoms with Gasteiger partial charge in [0.15, 0.2) is 37.4 Å². The molecule has 0 aromatic rings. The Hall–Kier alpha value is -2.28. The zero-order chi connectivity index (χ0) is 63.6. The van der Waals surface area contributed by atoms with E-state index in [-0.39, 0.29) is 36.5 Å². The standard InChI is InChI=1S/C59H94O28/c1-24-41(83-47-40(73)42(30(66)20-77-47)84-51-45(74)58(76,22-62)23-79-51)39(72)44(81-25(2)63)50(80-24)85-43-35(68)29(65)19-78-49(43)87-52(75)59-14-13-53(3,4)15-27(59)26-9-10-33-54(5)16-28(64)46(86-48-38(71)37(70)36(69)31(18-60)82-48)55(6,21-61)32(54)11-12-56(33,7)57(26,8)17-34(59)67/h9,24,27-51,60-62,64-74,76H,10-23H2,1-8H3/t24-,27-,28-,29-,30+,31+,32+,33+,34+,35-,36+,37-,38+,39+,40+,41-,42-,43+,44+,45-,46-,47-,48-,49-,50-,51-,54-,55-,56+,57+,58+,59+/m0/s1. The van der Waals surface area contributed by atoms with Crippen molar-refractivity contribution in [2.75, 3.05) is 39.6 Å². The third kappa shape index (κ3) is 11.2. The van der Waals surface area contributed by atoms with Gasteiger partial charge < -0.3 is 129 Å². The topological polar surface area (TPSA) is 439 Å². The monoisotopic (exact) mass is 1250 g/mol. The molecular weight excluding hydrogens is 1160 g/mol. The maximum Gasteiger partial charge on any atom is 0.317 e.